The normalized spacial score (nSPS) is 20.3. The van der Waals surface area contributed by atoms with Gasteiger partial charge in [0.15, 0.2) is 0 Å². The summed E-state index contributed by atoms with van der Waals surface area (Å²) in [5.74, 6) is 0.796. The van der Waals surface area contributed by atoms with E-state index in [4.69, 9.17) is 4.74 Å². The number of benzene rings is 1. The summed E-state index contributed by atoms with van der Waals surface area (Å²) in [6.07, 6.45) is 6.36. The molecule has 0 spiro atoms. The molecular weight excluding hydrogens is 292 g/mol. The van der Waals surface area contributed by atoms with Gasteiger partial charge < -0.3 is 9.84 Å². The first-order valence-corrected chi connectivity index (χ1v) is 8.23. The molecule has 1 aromatic carbocycles. The number of hydrogen-bond donors (Lipinski definition) is 1. The molecule has 2 aromatic rings. The minimum Gasteiger partial charge on any atom is -0.491 e. The Hall–Kier alpha value is -1.92. The van der Waals surface area contributed by atoms with Crippen LogP contribution in [0.4, 0.5) is 0 Å². The van der Waals surface area contributed by atoms with E-state index in [9.17, 15) is 5.11 Å². The molecule has 1 N–H and O–H groups in total. The first kappa shape index (κ1) is 16.0. The Morgan fingerprint density at radius 1 is 1.26 bits per heavy atom. The predicted molar refractivity (Wildman–Crippen MR) is 87.2 cm³/mol. The summed E-state index contributed by atoms with van der Waals surface area (Å²) in [7, 11) is 0. The van der Waals surface area contributed by atoms with Crippen molar-refractivity contribution in [3.63, 3.8) is 0 Å². The maximum absolute atomic E-state index is 10.3. The number of β-amino-alcohol motifs (C(OH)–C–C–N with tert-alkyl or cyclic N) is 1. The van der Waals surface area contributed by atoms with Gasteiger partial charge >= 0.3 is 0 Å². The van der Waals surface area contributed by atoms with E-state index in [1.165, 1.54) is 12.8 Å². The Morgan fingerprint density at radius 3 is 2.91 bits per heavy atom. The second-order valence-corrected chi connectivity index (χ2v) is 6.04. The van der Waals surface area contributed by atoms with Crippen LogP contribution in [0.1, 0.15) is 19.3 Å². The lowest BCUT2D eigenvalue weighted by Gasteiger charge is -2.36. The van der Waals surface area contributed by atoms with E-state index in [0.717, 1.165) is 25.3 Å². The van der Waals surface area contributed by atoms with E-state index in [1.807, 2.05) is 35.0 Å². The number of aromatic nitrogens is 3. The van der Waals surface area contributed by atoms with Crippen LogP contribution < -0.4 is 4.74 Å². The SMILES string of the molecule is O[C@H](COc1ccccc1)CN1CCCC[C@H]1Cn1cncn1. The molecule has 1 fully saturated rings. The summed E-state index contributed by atoms with van der Waals surface area (Å²) in [6, 6.07) is 10.0. The average molecular weight is 316 g/mol. The van der Waals surface area contributed by atoms with Gasteiger partial charge in [0.05, 0.1) is 6.54 Å². The van der Waals surface area contributed by atoms with Crippen molar-refractivity contribution in [3.8, 4) is 5.75 Å². The van der Waals surface area contributed by atoms with Crippen LogP contribution in [0, 0.1) is 0 Å². The summed E-state index contributed by atoms with van der Waals surface area (Å²) < 4.78 is 7.52. The Balaban J connectivity index is 1.49. The maximum atomic E-state index is 10.3. The van der Waals surface area contributed by atoms with Crippen molar-refractivity contribution in [3.05, 3.63) is 43.0 Å². The number of nitrogens with zero attached hydrogens (tertiary/aromatic N) is 4. The number of para-hydroxylation sites is 1. The number of likely N-dealkylation sites (tertiary alicyclic amines) is 1. The van der Waals surface area contributed by atoms with Crippen LogP contribution in [-0.4, -0.2) is 56.6 Å². The second-order valence-electron chi connectivity index (χ2n) is 6.04. The molecule has 1 saturated heterocycles. The van der Waals surface area contributed by atoms with E-state index in [1.54, 1.807) is 12.7 Å². The third kappa shape index (κ3) is 4.77. The lowest BCUT2D eigenvalue weighted by atomic mass is 10.0. The van der Waals surface area contributed by atoms with Crippen LogP contribution in [0.15, 0.2) is 43.0 Å². The van der Waals surface area contributed by atoms with Gasteiger partial charge in [-0.2, -0.15) is 5.10 Å². The first-order chi connectivity index (χ1) is 11.3. The van der Waals surface area contributed by atoms with Crippen molar-refractivity contribution in [2.45, 2.75) is 38.0 Å². The largest absolute Gasteiger partial charge is 0.491 e. The zero-order valence-electron chi connectivity index (χ0n) is 13.3. The highest BCUT2D eigenvalue weighted by molar-refractivity contribution is 5.20. The summed E-state index contributed by atoms with van der Waals surface area (Å²) in [4.78, 5) is 6.35. The van der Waals surface area contributed by atoms with Crippen LogP contribution in [-0.2, 0) is 6.54 Å². The second kappa shape index (κ2) is 8.08. The van der Waals surface area contributed by atoms with Crippen LogP contribution in [0.3, 0.4) is 0 Å². The van der Waals surface area contributed by atoms with Crippen molar-refractivity contribution in [1.29, 1.82) is 0 Å². The van der Waals surface area contributed by atoms with Gasteiger partial charge in [0.25, 0.3) is 0 Å². The highest BCUT2D eigenvalue weighted by atomic mass is 16.5. The quantitative estimate of drug-likeness (QED) is 0.840. The van der Waals surface area contributed by atoms with Crippen molar-refractivity contribution >= 4 is 0 Å². The molecule has 0 radical (unpaired) electrons. The van der Waals surface area contributed by atoms with Crippen molar-refractivity contribution in [2.75, 3.05) is 19.7 Å². The third-order valence-corrected chi connectivity index (χ3v) is 4.24. The number of aliphatic hydroxyl groups is 1. The van der Waals surface area contributed by atoms with E-state index < -0.39 is 6.10 Å². The highest BCUT2D eigenvalue weighted by Crippen LogP contribution is 2.19. The topological polar surface area (TPSA) is 63.4 Å². The van der Waals surface area contributed by atoms with Gasteiger partial charge in [-0.1, -0.05) is 24.6 Å². The lowest BCUT2D eigenvalue weighted by molar-refractivity contribution is 0.0345. The van der Waals surface area contributed by atoms with Gasteiger partial charge in [-0.05, 0) is 31.5 Å². The molecule has 0 unspecified atom stereocenters. The summed E-state index contributed by atoms with van der Waals surface area (Å²) in [6.45, 7) is 2.79. The third-order valence-electron chi connectivity index (χ3n) is 4.24. The Morgan fingerprint density at radius 2 is 2.13 bits per heavy atom. The molecule has 23 heavy (non-hydrogen) atoms. The number of aliphatic hydroxyl groups excluding tert-OH is 1. The monoisotopic (exact) mass is 316 g/mol. The van der Waals surface area contributed by atoms with Crippen LogP contribution in [0.5, 0.6) is 5.75 Å². The minimum absolute atomic E-state index is 0.316. The summed E-state index contributed by atoms with van der Waals surface area (Å²) in [5, 5.41) is 14.5. The van der Waals surface area contributed by atoms with Crippen molar-refractivity contribution in [1.82, 2.24) is 19.7 Å². The summed E-state index contributed by atoms with van der Waals surface area (Å²) in [5.41, 5.74) is 0. The lowest BCUT2D eigenvalue weighted by Crippen LogP contribution is -2.46. The number of piperidine rings is 1. The van der Waals surface area contributed by atoms with Crippen molar-refractivity contribution < 1.29 is 9.84 Å². The van der Waals surface area contributed by atoms with E-state index >= 15 is 0 Å². The first-order valence-electron chi connectivity index (χ1n) is 8.23. The molecule has 0 bridgehead atoms. The van der Waals surface area contributed by atoms with Crippen LogP contribution >= 0.6 is 0 Å². The molecule has 2 atom stereocenters. The maximum Gasteiger partial charge on any atom is 0.137 e. The molecular formula is C17H24N4O2. The molecule has 0 amide bonds. The van der Waals surface area contributed by atoms with Crippen molar-refractivity contribution in [2.24, 2.45) is 0 Å². The molecule has 1 aliphatic heterocycles. The van der Waals surface area contributed by atoms with E-state index in [-0.39, 0.29) is 0 Å². The van der Waals surface area contributed by atoms with Crippen LogP contribution in [0.2, 0.25) is 0 Å². The van der Waals surface area contributed by atoms with Gasteiger partial charge in [0.1, 0.15) is 31.1 Å². The van der Waals surface area contributed by atoms with Gasteiger partial charge in [0.2, 0.25) is 0 Å². The van der Waals surface area contributed by atoms with Crippen LogP contribution in [0.25, 0.3) is 0 Å². The molecule has 6 heteroatoms. The molecule has 3 rings (SSSR count). The van der Waals surface area contributed by atoms with Gasteiger partial charge in [-0.3, -0.25) is 9.58 Å². The minimum atomic E-state index is -0.494. The number of rotatable bonds is 7. The molecule has 0 saturated carbocycles. The standard InChI is InChI=1S/C17H24N4O2/c22-16(12-23-17-7-2-1-3-8-17)11-20-9-5-4-6-15(20)10-21-14-18-13-19-21/h1-3,7-8,13-16,22H,4-6,9-12H2/t15-,16-/m0/s1. The Kier molecular flexibility index (Phi) is 5.60. The van der Waals surface area contributed by atoms with Gasteiger partial charge in [-0.25, -0.2) is 4.98 Å². The van der Waals surface area contributed by atoms with Gasteiger partial charge in [0, 0.05) is 12.6 Å². The predicted octanol–water partition coefficient (Wildman–Crippen LogP) is 1.57. The van der Waals surface area contributed by atoms with E-state index in [2.05, 4.69) is 15.0 Å². The molecule has 0 aliphatic carbocycles. The van der Waals surface area contributed by atoms with E-state index in [0.29, 0.717) is 19.2 Å². The molecule has 124 valence electrons. The smallest absolute Gasteiger partial charge is 0.137 e. The molecule has 1 aliphatic rings. The number of hydrogen-bond acceptors (Lipinski definition) is 5. The molecule has 6 nitrogen and oxygen atoms in total. The zero-order valence-corrected chi connectivity index (χ0v) is 13.3. The summed E-state index contributed by atoms with van der Waals surface area (Å²) >= 11 is 0. The average Bonchev–Trinajstić information content (AvgIpc) is 3.09. The fourth-order valence-electron chi connectivity index (χ4n) is 3.08. The zero-order chi connectivity index (χ0) is 15.9. The molecule has 1 aromatic heterocycles. The van der Waals surface area contributed by atoms with Gasteiger partial charge in [-0.15, -0.1) is 0 Å². The highest BCUT2D eigenvalue weighted by Gasteiger charge is 2.25. The Labute approximate surface area is 136 Å². The Bertz CT molecular complexity index is 561. The molecule has 2 heterocycles. The fraction of sp³-hybridized carbons (Fsp3) is 0.529. The number of ether oxygens (including phenoxy) is 1. The fourth-order valence-corrected chi connectivity index (χ4v) is 3.08.